The summed E-state index contributed by atoms with van der Waals surface area (Å²) in [5.74, 6) is 0.525. The number of fused-ring (bicyclic) bond motifs is 4. The van der Waals surface area contributed by atoms with E-state index in [2.05, 4.69) is 104 Å². The van der Waals surface area contributed by atoms with Crippen molar-refractivity contribution >= 4 is 11.4 Å². The van der Waals surface area contributed by atoms with Gasteiger partial charge < -0.3 is 19.6 Å². The van der Waals surface area contributed by atoms with Crippen molar-refractivity contribution in [3.63, 3.8) is 0 Å². The molecule has 0 aliphatic carbocycles. The largest absolute Gasteiger partial charge is 0.358 e. The van der Waals surface area contributed by atoms with Crippen molar-refractivity contribution in [2.45, 2.75) is 58.3 Å². The Morgan fingerprint density at radius 3 is 2.19 bits per heavy atom. The Morgan fingerprint density at radius 2 is 1.52 bits per heavy atom. The number of hydrogen-bond donors (Lipinski definition) is 0. The Balaban J connectivity index is 1.88. The molecule has 4 aliphatic rings. The lowest BCUT2D eigenvalue weighted by molar-refractivity contribution is -0.0285. The molecule has 4 heteroatoms. The third-order valence-electron chi connectivity index (χ3n) is 8.40. The highest BCUT2D eigenvalue weighted by Gasteiger charge is 2.66. The number of nitrogens with zero attached hydrogens (tertiary/aromatic N) is 4. The van der Waals surface area contributed by atoms with Crippen LogP contribution in [-0.2, 0) is 5.41 Å². The summed E-state index contributed by atoms with van der Waals surface area (Å²) >= 11 is 0. The molecule has 1 aromatic carbocycles. The van der Waals surface area contributed by atoms with Crippen LogP contribution in [0.3, 0.4) is 0 Å². The maximum atomic E-state index is 2.55. The van der Waals surface area contributed by atoms with E-state index in [-0.39, 0.29) is 10.8 Å². The first-order valence-corrected chi connectivity index (χ1v) is 10.4. The van der Waals surface area contributed by atoms with Crippen molar-refractivity contribution in [1.82, 2.24) is 9.80 Å². The van der Waals surface area contributed by atoms with E-state index in [9.17, 15) is 0 Å². The minimum Gasteiger partial charge on any atom is -0.358 e. The molecule has 5 unspecified atom stereocenters. The number of benzene rings is 1. The van der Waals surface area contributed by atoms with Gasteiger partial charge in [-0.25, -0.2) is 0 Å². The molecule has 0 bridgehead atoms. The smallest absolute Gasteiger partial charge is 0.111 e. The molecule has 0 fully saturated rings. The van der Waals surface area contributed by atoms with Crippen LogP contribution in [0.4, 0.5) is 11.4 Å². The Hall–Kier alpha value is -2.10. The van der Waals surface area contributed by atoms with Gasteiger partial charge in [0.25, 0.3) is 0 Å². The molecule has 5 rings (SSSR count). The van der Waals surface area contributed by atoms with E-state index < -0.39 is 0 Å². The van der Waals surface area contributed by atoms with Crippen LogP contribution in [0.25, 0.3) is 0 Å². The van der Waals surface area contributed by atoms with Gasteiger partial charge >= 0.3 is 0 Å². The first-order valence-electron chi connectivity index (χ1n) is 10.4. The Kier molecular flexibility index (Phi) is 3.31. The topological polar surface area (TPSA) is 13.0 Å². The molecule has 0 N–H and O–H groups in total. The van der Waals surface area contributed by atoms with Crippen LogP contribution in [0.2, 0.25) is 0 Å². The van der Waals surface area contributed by atoms with Crippen molar-refractivity contribution < 1.29 is 0 Å². The Labute approximate surface area is 163 Å². The van der Waals surface area contributed by atoms with Crippen LogP contribution in [-0.4, -0.2) is 36.2 Å². The van der Waals surface area contributed by atoms with Crippen molar-refractivity contribution in [2.75, 3.05) is 23.9 Å². The first-order chi connectivity index (χ1) is 12.9. The highest BCUT2D eigenvalue weighted by atomic mass is 15.4. The monoisotopic (exact) mass is 364 g/mol. The fourth-order valence-electron chi connectivity index (χ4n) is 7.21. The predicted octanol–water partition coefficient (Wildman–Crippen LogP) is 4.51. The van der Waals surface area contributed by atoms with Gasteiger partial charge in [-0.2, -0.15) is 0 Å². The Bertz CT molecular complexity index is 831. The van der Waals surface area contributed by atoms with Crippen LogP contribution < -0.4 is 9.80 Å². The first kappa shape index (κ1) is 17.0. The summed E-state index contributed by atoms with van der Waals surface area (Å²) in [5.41, 5.74) is 4.66. The molecule has 4 aliphatic heterocycles. The van der Waals surface area contributed by atoms with Gasteiger partial charge in [0.15, 0.2) is 0 Å². The molecular formula is C23H32N4. The zero-order valence-corrected chi connectivity index (χ0v) is 17.5. The molecular weight excluding hydrogens is 332 g/mol. The maximum Gasteiger partial charge on any atom is 0.111 e. The third kappa shape index (κ3) is 1.67. The summed E-state index contributed by atoms with van der Waals surface area (Å²) in [6, 6.07) is 6.92. The van der Waals surface area contributed by atoms with E-state index in [1.54, 1.807) is 5.56 Å². The fourth-order valence-corrected chi connectivity index (χ4v) is 7.21. The van der Waals surface area contributed by atoms with E-state index in [4.69, 9.17) is 0 Å². The van der Waals surface area contributed by atoms with Crippen molar-refractivity contribution in [2.24, 2.45) is 11.3 Å². The van der Waals surface area contributed by atoms with Gasteiger partial charge in [-0.3, -0.25) is 0 Å². The highest BCUT2D eigenvalue weighted by Crippen LogP contribution is 2.67. The molecule has 0 spiro atoms. The molecule has 5 atom stereocenters. The summed E-state index contributed by atoms with van der Waals surface area (Å²) in [4.78, 5) is 9.90. The maximum absolute atomic E-state index is 2.55. The molecule has 0 aromatic heterocycles. The lowest BCUT2D eigenvalue weighted by Crippen LogP contribution is -2.69. The lowest BCUT2D eigenvalue weighted by atomic mass is 9.47. The van der Waals surface area contributed by atoms with E-state index >= 15 is 0 Å². The second-order valence-corrected chi connectivity index (χ2v) is 9.08. The normalized spacial score (nSPS) is 38.4. The second kappa shape index (κ2) is 5.24. The van der Waals surface area contributed by atoms with E-state index in [1.807, 2.05) is 0 Å². The number of rotatable bonds is 2. The van der Waals surface area contributed by atoms with Gasteiger partial charge in [0, 0.05) is 72.6 Å². The molecule has 4 nitrogen and oxygen atoms in total. The van der Waals surface area contributed by atoms with Crippen LogP contribution in [0.15, 0.2) is 43.0 Å². The zero-order chi connectivity index (χ0) is 19.1. The number of hydrogen-bond acceptors (Lipinski definition) is 4. The molecule has 27 heavy (non-hydrogen) atoms. The minimum absolute atomic E-state index is 0.135. The van der Waals surface area contributed by atoms with Gasteiger partial charge in [-0.1, -0.05) is 33.8 Å². The van der Waals surface area contributed by atoms with Crippen LogP contribution >= 0.6 is 0 Å². The van der Waals surface area contributed by atoms with Crippen LogP contribution in [0.5, 0.6) is 0 Å². The summed E-state index contributed by atoms with van der Waals surface area (Å²) in [5, 5.41) is 0. The minimum atomic E-state index is 0.135. The molecule has 4 heterocycles. The van der Waals surface area contributed by atoms with Gasteiger partial charge in [0.1, 0.15) is 12.3 Å². The quantitative estimate of drug-likeness (QED) is 0.765. The molecule has 144 valence electrons. The van der Waals surface area contributed by atoms with Crippen molar-refractivity contribution in [3.05, 3.63) is 48.6 Å². The molecule has 0 radical (unpaired) electrons. The SMILES string of the molecule is CCC1(C)C2N(C)C=CN2c2cccc3c2C1(CC)C(C)C1N(C)C=CN31. The summed E-state index contributed by atoms with van der Waals surface area (Å²) < 4.78 is 0. The standard InChI is InChI=1S/C23H32N4/c1-7-22(4)21-25(6)13-15-27(21)18-11-9-10-17-19(18)23(22,8-2)16(3)20-24(5)12-14-26(17)20/h9-16,20-21H,7-8H2,1-6H3. The third-order valence-corrected chi connectivity index (χ3v) is 8.40. The predicted molar refractivity (Wildman–Crippen MR) is 112 cm³/mol. The molecule has 0 saturated heterocycles. The lowest BCUT2D eigenvalue weighted by Gasteiger charge is -2.66. The average molecular weight is 365 g/mol. The van der Waals surface area contributed by atoms with E-state index in [0.29, 0.717) is 18.2 Å². The van der Waals surface area contributed by atoms with Gasteiger partial charge in [0.05, 0.1) is 0 Å². The Morgan fingerprint density at radius 1 is 0.889 bits per heavy atom. The van der Waals surface area contributed by atoms with Gasteiger partial charge in [-0.05, 0) is 25.0 Å². The zero-order valence-electron chi connectivity index (χ0n) is 17.5. The van der Waals surface area contributed by atoms with Crippen molar-refractivity contribution in [3.8, 4) is 0 Å². The van der Waals surface area contributed by atoms with Crippen LogP contribution in [0.1, 0.15) is 46.1 Å². The summed E-state index contributed by atoms with van der Waals surface area (Å²) in [7, 11) is 4.48. The van der Waals surface area contributed by atoms with Crippen molar-refractivity contribution in [1.29, 1.82) is 0 Å². The second-order valence-electron chi connectivity index (χ2n) is 9.08. The van der Waals surface area contributed by atoms with Gasteiger partial charge in [-0.15, -0.1) is 0 Å². The summed E-state index contributed by atoms with van der Waals surface area (Å²) in [6.07, 6.45) is 12.2. The fraction of sp³-hybridized carbons (Fsp3) is 0.565. The van der Waals surface area contributed by atoms with Crippen LogP contribution in [0, 0.1) is 11.3 Å². The molecule has 0 amide bonds. The van der Waals surface area contributed by atoms with E-state index in [0.717, 1.165) is 6.42 Å². The van der Waals surface area contributed by atoms with E-state index in [1.165, 1.54) is 17.8 Å². The summed E-state index contributed by atoms with van der Waals surface area (Å²) in [6.45, 7) is 9.86. The average Bonchev–Trinajstić information content (AvgIpc) is 3.25. The van der Waals surface area contributed by atoms with Gasteiger partial charge in [0.2, 0.25) is 0 Å². The highest BCUT2D eigenvalue weighted by molar-refractivity contribution is 5.78. The molecule has 1 aromatic rings. The molecule has 0 saturated carbocycles. The number of anilines is 2.